The Bertz CT molecular complexity index is 1730. The first-order valence-corrected chi connectivity index (χ1v) is 27.4. The summed E-state index contributed by atoms with van der Waals surface area (Å²) in [6.45, 7) is 26.7. The van der Waals surface area contributed by atoms with E-state index in [-0.39, 0.29) is 85.2 Å². The lowest BCUT2D eigenvalue weighted by Crippen LogP contribution is -2.55. The Morgan fingerprint density at radius 2 is 0.829 bits per heavy atom. The maximum atomic E-state index is 13.6. The molecule has 8 rings (SSSR count). The van der Waals surface area contributed by atoms with Crippen LogP contribution in [-0.4, -0.2) is 56.2 Å². The van der Waals surface area contributed by atoms with Gasteiger partial charge in [-0.25, -0.2) is 0 Å². The van der Waals surface area contributed by atoms with Crippen LogP contribution < -0.4 is 0 Å². The number of allylic oxidation sites excluding steroid dienone is 2. The van der Waals surface area contributed by atoms with Crippen LogP contribution in [0.4, 0.5) is 26.3 Å². The van der Waals surface area contributed by atoms with Crippen molar-refractivity contribution < 1.29 is 46.8 Å². The minimum Gasteiger partial charge on any atom is -0.393 e. The summed E-state index contributed by atoms with van der Waals surface area (Å²) in [5, 5.41) is 41.9. The normalized spacial score (nSPS) is 43.2. The number of rotatable bonds is 8. The summed E-state index contributed by atoms with van der Waals surface area (Å²) in [5.41, 5.74) is -3.39. The van der Waals surface area contributed by atoms with Crippen molar-refractivity contribution in [3.8, 4) is 0 Å². The fourth-order valence-electron chi connectivity index (χ4n) is 17.8. The summed E-state index contributed by atoms with van der Waals surface area (Å²) >= 11 is 0. The van der Waals surface area contributed by atoms with E-state index in [0.29, 0.717) is 72.0 Å². The first kappa shape index (κ1) is 59.8. The van der Waals surface area contributed by atoms with Crippen LogP contribution in [0.25, 0.3) is 0 Å². The maximum absolute atomic E-state index is 13.6. The average molecular weight is 1000 g/mol. The van der Waals surface area contributed by atoms with Crippen molar-refractivity contribution in [2.45, 2.75) is 262 Å². The largest absolute Gasteiger partial charge is 0.417 e. The molecule has 18 atom stereocenters. The number of aliphatic hydroxyl groups excluding tert-OH is 2. The Morgan fingerprint density at radius 1 is 0.500 bits per heavy atom. The lowest BCUT2D eigenvalue weighted by Gasteiger charge is -2.59. The monoisotopic (exact) mass is 1000 g/mol. The van der Waals surface area contributed by atoms with Gasteiger partial charge < -0.3 is 20.4 Å². The van der Waals surface area contributed by atoms with Crippen molar-refractivity contribution in [3.63, 3.8) is 0 Å². The van der Waals surface area contributed by atoms with Crippen LogP contribution in [0.1, 0.15) is 226 Å². The molecule has 0 radical (unpaired) electrons. The van der Waals surface area contributed by atoms with Crippen LogP contribution in [0.5, 0.6) is 0 Å². The predicted octanol–water partition coefficient (Wildman–Crippen LogP) is 16.6. The topological polar surface area (TPSA) is 80.9 Å². The molecule has 8 aliphatic rings. The molecule has 4 nitrogen and oxygen atoms in total. The standard InChI is InChI=1S/2C29H47F3O2.2CH4/c2*1-18(7-12-24(33)25(2,3)4)21-10-11-22-20-9-8-19-17-28(34,29(30,31)32)16-15-26(19,5)23(20)13-14-27(21,22)6;;/h2*8,18,20-24,33-34H,7,9-17H2,1-6H3;2*1H4/t2*18-,20+,21-,22+,23+,24+,26+,27-,28+;;/m11../s1. The molecule has 0 aromatic heterocycles. The van der Waals surface area contributed by atoms with Crippen molar-refractivity contribution in [1.82, 2.24) is 0 Å². The lowest BCUT2D eigenvalue weighted by molar-refractivity contribution is -0.271. The first-order valence-electron chi connectivity index (χ1n) is 27.4. The third kappa shape index (κ3) is 10.4. The molecule has 0 spiro atoms. The van der Waals surface area contributed by atoms with Gasteiger partial charge in [0.15, 0.2) is 11.2 Å². The SMILES string of the molecule is C.C.C[C@H](CC[C@H](O)C(C)(C)C)[C@H]1CC[C@H]2[C@@H]3CC=C4C[C@](O)(C(F)(F)F)CC[C@]4(C)[C@H]3CC[C@]12C.C[C@H](CC[C@H](O)C(C)(C)C)[C@H]1CC[C@H]2[C@@H]3CC=C4C[C@](O)(C(F)(F)F)CC[C@]4(C)[C@H]3CC[C@]12C. The molecule has 6 saturated carbocycles. The Kier molecular flexibility index (Phi) is 17.2. The van der Waals surface area contributed by atoms with Crippen molar-refractivity contribution in [1.29, 1.82) is 0 Å². The number of fused-ring (bicyclic) bond motifs is 10. The molecule has 10 heteroatoms. The summed E-state index contributed by atoms with van der Waals surface area (Å²) in [6.07, 6.45) is 9.48. The summed E-state index contributed by atoms with van der Waals surface area (Å²) in [5.74, 6) is 5.67. The van der Waals surface area contributed by atoms with E-state index in [1.165, 1.54) is 25.7 Å². The number of halogens is 6. The second-order valence-electron chi connectivity index (χ2n) is 28.3. The zero-order valence-corrected chi connectivity index (χ0v) is 44.3. The van der Waals surface area contributed by atoms with E-state index in [0.717, 1.165) is 75.4 Å². The zero-order valence-electron chi connectivity index (χ0n) is 44.3. The Labute approximate surface area is 422 Å². The van der Waals surface area contributed by atoms with Gasteiger partial charge >= 0.3 is 12.4 Å². The highest BCUT2D eigenvalue weighted by Crippen LogP contribution is 2.70. The number of hydrogen-bond acceptors (Lipinski definition) is 4. The van der Waals surface area contributed by atoms with Crippen molar-refractivity contribution in [2.75, 3.05) is 0 Å². The molecular formula is C60H102F6O4. The minimum atomic E-state index is -4.56. The average Bonchev–Trinajstić information content (AvgIpc) is 3.78. The van der Waals surface area contributed by atoms with Gasteiger partial charge in [0, 0.05) is 12.8 Å². The highest BCUT2D eigenvalue weighted by Gasteiger charge is 2.65. The molecule has 0 amide bonds. The van der Waals surface area contributed by atoms with Gasteiger partial charge in [0.05, 0.1) is 12.2 Å². The van der Waals surface area contributed by atoms with Gasteiger partial charge in [-0.15, -0.1) is 0 Å². The molecule has 0 saturated heterocycles. The summed E-state index contributed by atoms with van der Waals surface area (Å²) < 4.78 is 81.4. The molecule has 70 heavy (non-hydrogen) atoms. The first-order chi connectivity index (χ1) is 31.1. The van der Waals surface area contributed by atoms with Gasteiger partial charge in [0.2, 0.25) is 0 Å². The number of hydrogen-bond donors (Lipinski definition) is 4. The lowest BCUT2D eigenvalue weighted by atomic mass is 9.46. The zero-order chi connectivity index (χ0) is 50.6. The van der Waals surface area contributed by atoms with E-state index in [1.807, 2.05) is 0 Å². The molecule has 0 aliphatic heterocycles. The van der Waals surface area contributed by atoms with E-state index in [2.05, 4.69) is 95.2 Å². The summed E-state index contributed by atoms with van der Waals surface area (Å²) in [6, 6.07) is 0. The van der Waals surface area contributed by atoms with Crippen LogP contribution in [-0.2, 0) is 0 Å². The Hall–Kier alpha value is -1.10. The molecule has 0 heterocycles. The molecule has 0 bridgehead atoms. The van der Waals surface area contributed by atoms with Crippen LogP contribution in [0, 0.1) is 91.7 Å². The van der Waals surface area contributed by atoms with E-state index in [1.54, 1.807) is 0 Å². The van der Waals surface area contributed by atoms with Gasteiger partial charge in [0.25, 0.3) is 0 Å². The highest BCUT2D eigenvalue weighted by molar-refractivity contribution is 5.29. The van der Waals surface area contributed by atoms with Crippen LogP contribution >= 0.6 is 0 Å². The highest BCUT2D eigenvalue weighted by atomic mass is 19.4. The van der Waals surface area contributed by atoms with Crippen molar-refractivity contribution in [3.05, 3.63) is 23.3 Å². The van der Waals surface area contributed by atoms with Crippen molar-refractivity contribution >= 4 is 0 Å². The molecule has 4 N–H and O–H groups in total. The van der Waals surface area contributed by atoms with Gasteiger partial charge in [-0.1, -0.05) is 121 Å². The predicted molar refractivity (Wildman–Crippen MR) is 274 cm³/mol. The summed E-state index contributed by atoms with van der Waals surface area (Å²) in [7, 11) is 0. The molecule has 0 unspecified atom stereocenters. The molecule has 0 aromatic carbocycles. The van der Waals surface area contributed by atoms with E-state index in [4.69, 9.17) is 0 Å². The number of aliphatic hydroxyl groups is 4. The molecular weight excluding hydrogens is 899 g/mol. The third-order valence-corrected chi connectivity index (χ3v) is 22.7. The fourth-order valence-corrected chi connectivity index (χ4v) is 17.8. The van der Waals surface area contributed by atoms with E-state index in [9.17, 15) is 46.8 Å². The molecule has 408 valence electrons. The van der Waals surface area contributed by atoms with Gasteiger partial charge in [0.1, 0.15) is 0 Å². The van der Waals surface area contributed by atoms with Crippen LogP contribution in [0.15, 0.2) is 23.3 Å². The van der Waals surface area contributed by atoms with Crippen molar-refractivity contribution in [2.24, 2.45) is 91.7 Å². The fraction of sp³-hybridized carbons (Fsp3) is 0.933. The quantitative estimate of drug-likeness (QED) is 0.144. The maximum Gasteiger partial charge on any atom is 0.417 e. The summed E-state index contributed by atoms with van der Waals surface area (Å²) in [4.78, 5) is 0. The van der Waals surface area contributed by atoms with E-state index < -0.39 is 23.6 Å². The minimum absolute atomic E-state index is 0. The van der Waals surface area contributed by atoms with Crippen LogP contribution in [0.2, 0.25) is 0 Å². The smallest absolute Gasteiger partial charge is 0.393 e. The Balaban J connectivity index is 0.000000254. The van der Waals surface area contributed by atoms with E-state index >= 15 is 0 Å². The second-order valence-corrected chi connectivity index (χ2v) is 28.3. The third-order valence-electron chi connectivity index (χ3n) is 22.7. The Morgan fingerprint density at radius 3 is 1.13 bits per heavy atom. The molecule has 0 aromatic rings. The van der Waals surface area contributed by atoms with Gasteiger partial charge in [-0.05, 0) is 207 Å². The molecule has 8 aliphatic carbocycles. The van der Waals surface area contributed by atoms with Gasteiger partial charge in [-0.2, -0.15) is 26.3 Å². The number of alkyl halides is 6. The molecule has 6 fully saturated rings. The van der Waals surface area contributed by atoms with Crippen LogP contribution in [0.3, 0.4) is 0 Å². The second kappa shape index (κ2) is 20.1. The van der Waals surface area contributed by atoms with Gasteiger partial charge in [-0.3, -0.25) is 0 Å².